The van der Waals surface area contributed by atoms with Crippen LogP contribution in [0.1, 0.15) is 26.0 Å². The van der Waals surface area contributed by atoms with Crippen molar-refractivity contribution >= 4 is 11.8 Å². The molecule has 0 aromatic carbocycles. The Hall–Kier alpha value is -0.610. The SMILES string of the molecule is CCC(C)CSc1cnc(CN)cn1. The Labute approximate surface area is 89.5 Å². The molecule has 1 rings (SSSR count). The summed E-state index contributed by atoms with van der Waals surface area (Å²) in [5.41, 5.74) is 6.28. The molecule has 1 heterocycles. The molecule has 0 aliphatic carbocycles. The highest BCUT2D eigenvalue weighted by Gasteiger charge is 2.01. The highest BCUT2D eigenvalue weighted by Crippen LogP contribution is 2.18. The average molecular weight is 211 g/mol. The van der Waals surface area contributed by atoms with Gasteiger partial charge >= 0.3 is 0 Å². The lowest BCUT2D eigenvalue weighted by Crippen LogP contribution is -2.01. The first-order valence-electron chi connectivity index (χ1n) is 4.90. The molecule has 0 spiro atoms. The number of nitrogens with two attached hydrogens (primary N) is 1. The van der Waals surface area contributed by atoms with Crippen molar-refractivity contribution in [3.05, 3.63) is 18.1 Å². The van der Waals surface area contributed by atoms with Crippen LogP contribution in [0, 0.1) is 5.92 Å². The third kappa shape index (κ3) is 3.64. The fourth-order valence-corrected chi connectivity index (χ4v) is 1.81. The van der Waals surface area contributed by atoms with E-state index < -0.39 is 0 Å². The van der Waals surface area contributed by atoms with Crippen LogP contribution < -0.4 is 5.73 Å². The van der Waals surface area contributed by atoms with Crippen molar-refractivity contribution in [1.82, 2.24) is 9.97 Å². The van der Waals surface area contributed by atoms with Crippen LogP contribution in [0.2, 0.25) is 0 Å². The summed E-state index contributed by atoms with van der Waals surface area (Å²) in [4.78, 5) is 8.47. The Kier molecular flexibility index (Phi) is 4.90. The maximum Gasteiger partial charge on any atom is 0.114 e. The number of hydrogen-bond donors (Lipinski definition) is 1. The predicted molar refractivity (Wildman–Crippen MR) is 60.1 cm³/mol. The van der Waals surface area contributed by atoms with Crippen molar-refractivity contribution in [3.8, 4) is 0 Å². The highest BCUT2D eigenvalue weighted by atomic mass is 32.2. The molecule has 0 saturated heterocycles. The lowest BCUT2D eigenvalue weighted by Gasteiger charge is -2.06. The van der Waals surface area contributed by atoms with Crippen LogP contribution in [0.3, 0.4) is 0 Å². The van der Waals surface area contributed by atoms with Crippen LogP contribution in [0.4, 0.5) is 0 Å². The molecule has 0 saturated carbocycles. The summed E-state index contributed by atoms with van der Waals surface area (Å²) in [6.45, 7) is 4.91. The zero-order valence-corrected chi connectivity index (χ0v) is 9.55. The summed E-state index contributed by atoms with van der Waals surface area (Å²) in [6, 6.07) is 0. The molecule has 14 heavy (non-hydrogen) atoms. The highest BCUT2D eigenvalue weighted by molar-refractivity contribution is 7.99. The Morgan fingerprint density at radius 1 is 1.43 bits per heavy atom. The Bertz CT molecular complexity index is 261. The summed E-state index contributed by atoms with van der Waals surface area (Å²) in [5.74, 6) is 1.84. The average Bonchev–Trinajstić information content (AvgIpc) is 2.26. The fourth-order valence-electron chi connectivity index (χ4n) is 0.868. The van der Waals surface area contributed by atoms with Crippen LogP contribution in [-0.2, 0) is 6.54 Å². The molecule has 1 aromatic rings. The second-order valence-electron chi connectivity index (χ2n) is 3.37. The van der Waals surface area contributed by atoms with E-state index in [9.17, 15) is 0 Å². The van der Waals surface area contributed by atoms with Gasteiger partial charge in [0.05, 0.1) is 18.1 Å². The van der Waals surface area contributed by atoms with Crippen molar-refractivity contribution in [2.75, 3.05) is 5.75 Å². The Morgan fingerprint density at radius 2 is 2.21 bits per heavy atom. The van der Waals surface area contributed by atoms with E-state index in [0.29, 0.717) is 6.54 Å². The van der Waals surface area contributed by atoms with Gasteiger partial charge in [-0.15, -0.1) is 11.8 Å². The van der Waals surface area contributed by atoms with Crippen LogP contribution >= 0.6 is 11.8 Å². The third-order valence-corrected chi connectivity index (χ3v) is 3.35. The van der Waals surface area contributed by atoms with Gasteiger partial charge in [-0.2, -0.15) is 0 Å². The fraction of sp³-hybridized carbons (Fsp3) is 0.600. The van der Waals surface area contributed by atoms with E-state index in [0.717, 1.165) is 22.4 Å². The molecule has 1 aromatic heterocycles. The number of nitrogens with zero attached hydrogens (tertiary/aromatic N) is 2. The smallest absolute Gasteiger partial charge is 0.114 e. The zero-order valence-electron chi connectivity index (χ0n) is 8.73. The minimum atomic E-state index is 0.462. The molecule has 3 nitrogen and oxygen atoms in total. The molecule has 0 aliphatic heterocycles. The van der Waals surface area contributed by atoms with E-state index in [1.807, 2.05) is 0 Å². The summed E-state index contributed by atoms with van der Waals surface area (Å²) in [6.07, 6.45) is 4.76. The molecule has 4 heteroatoms. The van der Waals surface area contributed by atoms with E-state index in [1.165, 1.54) is 6.42 Å². The van der Waals surface area contributed by atoms with Gasteiger partial charge in [-0.3, -0.25) is 4.98 Å². The standard InChI is InChI=1S/C10H17N3S/c1-3-8(2)7-14-10-6-12-9(4-11)5-13-10/h5-6,8H,3-4,7,11H2,1-2H3. The maximum atomic E-state index is 5.43. The molecule has 2 N–H and O–H groups in total. The molecule has 0 radical (unpaired) electrons. The first kappa shape index (κ1) is 11.5. The van der Waals surface area contributed by atoms with Crippen molar-refractivity contribution in [2.24, 2.45) is 11.7 Å². The first-order chi connectivity index (χ1) is 6.76. The first-order valence-corrected chi connectivity index (χ1v) is 5.88. The second kappa shape index (κ2) is 5.98. The van der Waals surface area contributed by atoms with Gasteiger partial charge in [0.2, 0.25) is 0 Å². The zero-order chi connectivity index (χ0) is 10.4. The Balaban J connectivity index is 2.43. The normalized spacial score (nSPS) is 12.8. The minimum absolute atomic E-state index is 0.462. The molecule has 0 aliphatic rings. The predicted octanol–water partition coefficient (Wildman–Crippen LogP) is 2.07. The van der Waals surface area contributed by atoms with Gasteiger partial charge in [0.25, 0.3) is 0 Å². The van der Waals surface area contributed by atoms with Gasteiger partial charge in [-0.05, 0) is 5.92 Å². The van der Waals surface area contributed by atoms with Crippen molar-refractivity contribution in [2.45, 2.75) is 31.8 Å². The minimum Gasteiger partial charge on any atom is -0.325 e. The third-order valence-electron chi connectivity index (χ3n) is 2.10. The number of hydrogen-bond acceptors (Lipinski definition) is 4. The van der Waals surface area contributed by atoms with E-state index >= 15 is 0 Å². The van der Waals surface area contributed by atoms with Crippen LogP contribution in [0.15, 0.2) is 17.4 Å². The summed E-state index contributed by atoms with van der Waals surface area (Å²) < 4.78 is 0. The van der Waals surface area contributed by atoms with Gasteiger partial charge in [0, 0.05) is 12.3 Å². The van der Waals surface area contributed by atoms with Crippen LogP contribution in [0.25, 0.3) is 0 Å². The summed E-state index contributed by atoms with van der Waals surface area (Å²) in [5, 5.41) is 0.988. The lowest BCUT2D eigenvalue weighted by atomic mass is 10.2. The van der Waals surface area contributed by atoms with Crippen molar-refractivity contribution in [3.63, 3.8) is 0 Å². The summed E-state index contributed by atoms with van der Waals surface area (Å²) in [7, 11) is 0. The van der Waals surface area contributed by atoms with E-state index in [2.05, 4.69) is 23.8 Å². The monoisotopic (exact) mass is 211 g/mol. The van der Waals surface area contributed by atoms with Gasteiger partial charge in [0.15, 0.2) is 0 Å². The molecular formula is C10H17N3S. The van der Waals surface area contributed by atoms with Gasteiger partial charge in [-0.25, -0.2) is 4.98 Å². The van der Waals surface area contributed by atoms with E-state index in [1.54, 1.807) is 24.2 Å². The quantitative estimate of drug-likeness (QED) is 0.758. The van der Waals surface area contributed by atoms with Gasteiger partial charge < -0.3 is 5.73 Å². The Morgan fingerprint density at radius 3 is 2.71 bits per heavy atom. The molecule has 0 amide bonds. The molecule has 78 valence electrons. The molecule has 1 unspecified atom stereocenters. The van der Waals surface area contributed by atoms with E-state index in [4.69, 9.17) is 5.73 Å². The number of rotatable bonds is 5. The van der Waals surface area contributed by atoms with Crippen molar-refractivity contribution < 1.29 is 0 Å². The number of thioether (sulfide) groups is 1. The second-order valence-corrected chi connectivity index (χ2v) is 4.41. The lowest BCUT2D eigenvalue weighted by molar-refractivity contribution is 0.636. The molecule has 1 atom stereocenters. The molecular weight excluding hydrogens is 194 g/mol. The topological polar surface area (TPSA) is 51.8 Å². The van der Waals surface area contributed by atoms with Crippen LogP contribution in [-0.4, -0.2) is 15.7 Å². The number of aromatic nitrogens is 2. The summed E-state index contributed by atoms with van der Waals surface area (Å²) >= 11 is 1.76. The van der Waals surface area contributed by atoms with Crippen molar-refractivity contribution in [1.29, 1.82) is 0 Å². The maximum absolute atomic E-state index is 5.43. The van der Waals surface area contributed by atoms with E-state index in [-0.39, 0.29) is 0 Å². The van der Waals surface area contributed by atoms with Crippen LogP contribution in [0.5, 0.6) is 0 Å². The largest absolute Gasteiger partial charge is 0.325 e. The van der Waals surface area contributed by atoms with Gasteiger partial charge in [-0.1, -0.05) is 20.3 Å². The van der Waals surface area contributed by atoms with Gasteiger partial charge in [0.1, 0.15) is 5.03 Å². The molecule has 0 fully saturated rings. The molecule has 0 bridgehead atoms.